The number of aliphatic hydroxyl groups excluding tert-OH is 1. The van der Waals surface area contributed by atoms with Gasteiger partial charge in [0.1, 0.15) is 78.5 Å². The van der Waals surface area contributed by atoms with Gasteiger partial charge in [-0.2, -0.15) is 0 Å². The molecular weight excluding hydrogens is 1360 g/mol. The molecule has 1 heterocycles. The average molecular weight is 1470 g/mol. The van der Waals surface area contributed by atoms with Crippen molar-refractivity contribution in [1.29, 1.82) is 0 Å². The Balaban J connectivity index is 3.23. The molecule has 39 heteroatoms. The molecule has 1 rings (SSSR count). The number of rotatable bonds is 47. The van der Waals surface area contributed by atoms with Crippen LogP contribution < -0.4 is 86.3 Å². The number of carboxylic acid groups (broad SMARTS) is 3. The Hall–Kier alpha value is -9.66. The first-order chi connectivity index (χ1) is 48.0. The van der Waals surface area contributed by atoms with Crippen LogP contribution in [0.15, 0.2) is 0 Å². The Labute approximate surface area is 597 Å². The van der Waals surface area contributed by atoms with E-state index in [1.807, 2.05) is 0 Å². The van der Waals surface area contributed by atoms with E-state index >= 15 is 0 Å². The first-order valence-corrected chi connectivity index (χ1v) is 34.4. The van der Waals surface area contributed by atoms with Gasteiger partial charge in [-0.05, 0) is 103 Å². The minimum Gasteiger partial charge on any atom is -0.481 e. The number of hydrogen-bond donors (Lipinski definition) is 20. The minimum absolute atomic E-state index is 0.0288. The van der Waals surface area contributed by atoms with Gasteiger partial charge >= 0.3 is 17.9 Å². The molecule has 0 unspecified atom stereocenters. The largest absolute Gasteiger partial charge is 0.481 e. The van der Waals surface area contributed by atoms with Gasteiger partial charge in [0.25, 0.3) is 5.91 Å². The number of carbonyl (C=O) groups excluding carboxylic acids is 15. The van der Waals surface area contributed by atoms with E-state index in [0.717, 1.165) is 6.92 Å². The number of carboxylic acids is 3. The molecule has 0 aromatic rings. The van der Waals surface area contributed by atoms with Gasteiger partial charge in [-0.3, -0.25) is 81.5 Å². The summed E-state index contributed by atoms with van der Waals surface area (Å²) in [5, 5.41) is 69.8. The van der Waals surface area contributed by atoms with Crippen LogP contribution in [0.1, 0.15) is 160 Å². The van der Waals surface area contributed by atoms with Crippen molar-refractivity contribution in [2.45, 2.75) is 245 Å². The zero-order valence-electron chi connectivity index (χ0n) is 60.8. The Morgan fingerprint density at radius 3 is 1.44 bits per heavy atom. The number of nitrogens with two attached hydrogens (primary N) is 1. The van der Waals surface area contributed by atoms with Crippen LogP contribution in [0, 0.1) is 23.7 Å². The maximum atomic E-state index is 14.2. The van der Waals surface area contributed by atoms with Gasteiger partial charge in [0, 0.05) is 13.0 Å². The van der Waals surface area contributed by atoms with Crippen LogP contribution in [0.4, 0.5) is 0 Å². The third kappa shape index (κ3) is 32.9. The minimum atomic E-state index is -1.80. The topological polar surface area (TPSA) is 629 Å². The van der Waals surface area contributed by atoms with Crippen molar-refractivity contribution in [3.8, 4) is 0 Å². The molecule has 0 aromatic carbocycles. The number of nitrogens with zero attached hydrogens (tertiary/aromatic N) is 1. The van der Waals surface area contributed by atoms with Crippen LogP contribution in [0.3, 0.4) is 0 Å². The van der Waals surface area contributed by atoms with Crippen molar-refractivity contribution in [3.05, 3.63) is 0 Å². The molecule has 15 atom stereocenters. The molecule has 15 amide bonds. The number of carbonyl (C=O) groups is 18. The van der Waals surface area contributed by atoms with Crippen LogP contribution in [0.25, 0.3) is 0 Å². The lowest BCUT2D eigenvalue weighted by molar-refractivity contribution is -0.368. The highest BCUT2D eigenvalue weighted by molar-refractivity contribution is 6.01. The quantitative estimate of drug-likeness (QED) is 0.0252. The van der Waals surface area contributed by atoms with Crippen LogP contribution in [-0.4, -0.2) is 243 Å². The molecule has 0 saturated carbocycles. The van der Waals surface area contributed by atoms with Crippen molar-refractivity contribution >= 4 is 107 Å². The summed E-state index contributed by atoms with van der Waals surface area (Å²) in [5.41, 5.74) is 12.7. The number of amides is 15. The number of quaternary nitrogens is 2. The molecule has 0 spiro atoms. The summed E-state index contributed by atoms with van der Waals surface area (Å²) in [7, 11) is 0. The maximum absolute atomic E-state index is 14.2. The van der Waals surface area contributed by atoms with Crippen molar-refractivity contribution in [3.63, 3.8) is 0 Å². The number of aliphatic carboxylic acids is 3. The van der Waals surface area contributed by atoms with E-state index in [9.17, 15) is 102 Å². The maximum Gasteiger partial charge on any atom is 0.326 e. The van der Waals surface area contributed by atoms with Crippen molar-refractivity contribution < 1.29 is 118 Å². The fraction of sp³-hybridized carbons (Fsp3) is 0.719. The molecule has 0 radical (unpaired) electrons. The fourth-order valence-corrected chi connectivity index (χ4v) is 10.5. The molecule has 1 fully saturated rings. The van der Waals surface area contributed by atoms with Gasteiger partial charge in [-0.1, -0.05) is 61.8 Å². The molecular formula is C64H111N17O22+2. The van der Waals surface area contributed by atoms with Crippen LogP contribution in [0.2, 0.25) is 0 Å². The van der Waals surface area contributed by atoms with E-state index < -0.39 is 229 Å². The summed E-state index contributed by atoms with van der Waals surface area (Å²) in [6.07, 6.45) is -2.64. The van der Waals surface area contributed by atoms with E-state index in [-0.39, 0.29) is 57.0 Å². The summed E-state index contributed by atoms with van der Waals surface area (Å²) in [6.45, 7) is 17.7. The van der Waals surface area contributed by atoms with Gasteiger partial charge in [0.05, 0.1) is 32.0 Å². The summed E-state index contributed by atoms with van der Waals surface area (Å²) in [6, 6.07) is -18.8. The highest BCUT2D eigenvalue weighted by Crippen LogP contribution is 2.22. The molecule has 582 valence electrons. The van der Waals surface area contributed by atoms with E-state index in [1.165, 1.54) is 25.7 Å². The highest BCUT2D eigenvalue weighted by atomic mass is 16.4. The molecule has 1 saturated heterocycles. The standard InChI is InChI=1S/C64H109N17O22/c1-13-32(8)50(80-59(97)40(24-30(4)5)74-55(93)38(19-20-47(86)87)72-45(84)27-66)61(99)68-28-46(85)78-51(36(12)82)62(100)76-39(23-29(2)3)58(96)75-41(25-44(67)83)57(95)70-33(9)52(90)69-34(10)53(91)73-37(17-14-15-21-65)56(94)79-49(31(6)7)63(101)81-22-16-18-43(81)60(98)71-35(11)54(92)77-42(64(102)103)26-48(88)89/h29-43,49-51,82H,13-28,65-66H2,1-12H3,(H2,67,83)(H,68,99)(H,69,90)(H,70,95)(H,71,98)(H,72,84)(H,73,91)(H,74,93)(H,75,96)(H,76,100)(H,77,92)(H,78,85)(H,79,94)(H,80,97)(H,86,87)(H,88,89)(H,102,103)/p+2/t32-,33-,34-,35-,36+,37-,38-,39-,40-,41-,42-,43-,49-,50-,51-/m0/s1. The van der Waals surface area contributed by atoms with Crippen molar-refractivity contribution in [2.24, 2.45) is 29.4 Å². The number of aliphatic hydroxyl groups is 1. The SMILES string of the molecule is CC[C@H](C)[C@H](NC(=O)[C@H](CC(C)C)NC(=O)[C@H](CCC(=O)O)NC(=O)C[NH3+])C(=O)NCC(=O)N[C@H](C(=O)N[C@@H](CC(C)C)C(=O)N[C@@H](CC(N)=O)C(=O)N[C@@H](C)C(=O)N[C@@H](C)C(=O)N[C@@H](CCCC[NH3+])C(=O)N[C@H](C(=O)N1CCC[C@H]1C(=O)N[C@@H](C)C(=O)N[C@@H](CC(=O)O)C(=O)O)C(C)C)[C@@H](C)O. The molecule has 103 heavy (non-hydrogen) atoms. The molecule has 0 bridgehead atoms. The second-order valence-corrected chi connectivity index (χ2v) is 26.8. The smallest absolute Gasteiger partial charge is 0.326 e. The predicted molar refractivity (Wildman–Crippen MR) is 363 cm³/mol. The third-order valence-electron chi connectivity index (χ3n) is 16.5. The Morgan fingerprint density at radius 2 is 0.942 bits per heavy atom. The van der Waals surface area contributed by atoms with E-state index in [1.54, 1.807) is 55.4 Å². The molecule has 25 N–H and O–H groups in total. The van der Waals surface area contributed by atoms with Gasteiger partial charge in [-0.25, -0.2) is 4.79 Å². The van der Waals surface area contributed by atoms with Gasteiger partial charge in [0.2, 0.25) is 82.7 Å². The fourth-order valence-electron chi connectivity index (χ4n) is 10.5. The number of nitrogens with one attached hydrogen (secondary N) is 13. The first kappa shape index (κ1) is 91.4. The number of likely N-dealkylation sites (tertiary alicyclic amines) is 1. The second kappa shape index (κ2) is 45.3. The summed E-state index contributed by atoms with van der Waals surface area (Å²) < 4.78 is 0. The molecule has 1 aliphatic rings. The van der Waals surface area contributed by atoms with Crippen LogP contribution in [0.5, 0.6) is 0 Å². The number of hydrogen-bond acceptors (Lipinski definition) is 19. The Kier molecular flexibility index (Phi) is 40.2. The second-order valence-electron chi connectivity index (χ2n) is 26.8. The first-order valence-electron chi connectivity index (χ1n) is 34.4. The summed E-state index contributed by atoms with van der Waals surface area (Å²) >= 11 is 0. The number of primary amides is 1. The van der Waals surface area contributed by atoms with E-state index in [4.69, 9.17) is 10.8 Å². The number of unbranched alkanes of at least 4 members (excludes halogenated alkanes) is 1. The van der Waals surface area contributed by atoms with Crippen molar-refractivity contribution in [2.75, 3.05) is 26.2 Å². The monoisotopic (exact) mass is 1470 g/mol. The van der Waals surface area contributed by atoms with Gasteiger partial charge < -0.3 is 112 Å². The third-order valence-corrected chi connectivity index (χ3v) is 16.5. The van der Waals surface area contributed by atoms with Gasteiger partial charge in [0.15, 0.2) is 6.54 Å². The highest BCUT2D eigenvalue weighted by Gasteiger charge is 2.42. The van der Waals surface area contributed by atoms with Crippen LogP contribution >= 0.6 is 0 Å². The molecule has 39 nitrogen and oxygen atoms in total. The van der Waals surface area contributed by atoms with E-state index in [2.05, 4.69) is 80.6 Å². The lowest BCUT2D eigenvalue weighted by atomic mass is 9.96. The zero-order valence-corrected chi connectivity index (χ0v) is 60.8. The van der Waals surface area contributed by atoms with Crippen LogP contribution in [-0.2, 0) is 86.3 Å². The average Bonchev–Trinajstić information content (AvgIpc) is 1.74. The molecule has 0 aromatic heterocycles. The Bertz CT molecular complexity index is 3010. The normalized spacial score (nSPS) is 16.8. The van der Waals surface area contributed by atoms with Crippen molar-refractivity contribution in [1.82, 2.24) is 74.0 Å². The predicted octanol–water partition coefficient (Wildman–Crippen LogP) is -7.90. The van der Waals surface area contributed by atoms with E-state index in [0.29, 0.717) is 32.2 Å². The molecule has 1 aliphatic heterocycles. The lowest BCUT2D eigenvalue weighted by Crippen LogP contribution is -2.62. The van der Waals surface area contributed by atoms with Gasteiger partial charge in [-0.15, -0.1) is 0 Å². The molecule has 0 aliphatic carbocycles. The summed E-state index contributed by atoms with van der Waals surface area (Å²) in [4.78, 5) is 238. The zero-order chi connectivity index (χ0) is 78.9. The summed E-state index contributed by atoms with van der Waals surface area (Å²) in [5.74, 6) is -19.9. The Morgan fingerprint density at radius 1 is 0.476 bits per heavy atom. The lowest BCUT2D eigenvalue weighted by Gasteiger charge is -2.32.